The molecule has 1 aromatic carbocycles. The smallest absolute Gasteiger partial charge is 0.0845 e. The zero-order valence-electron chi connectivity index (χ0n) is 10.2. The van der Waals surface area contributed by atoms with Gasteiger partial charge in [0.1, 0.15) is 0 Å². The van der Waals surface area contributed by atoms with Crippen LogP contribution in [0.1, 0.15) is 18.4 Å². The minimum Gasteiger partial charge on any atom is -0.388 e. The molecule has 17 heavy (non-hydrogen) atoms. The van der Waals surface area contributed by atoms with Crippen molar-refractivity contribution in [2.45, 2.75) is 24.9 Å². The van der Waals surface area contributed by atoms with Gasteiger partial charge in [-0.15, -0.1) is 0 Å². The summed E-state index contributed by atoms with van der Waals surface area (Å²) in [7, 11) is 0. The molecular weight excluding hydrogens is 212 g/mol. The van der Waals surface area contributed by atoms with E-state index in [0.29, 0.717) is 0 Å². The first-order valence-corrected chi connectivity index (χ1v) is 6.53. The van der Waals surface area contributed by atoms with Crippen molar-refractivity contribution in [2.24, 2.45) is 0 Å². The lowest BCUT2D eigenvalue weighted by atomic mass is 9.92. The van der Waals surface area contributed by atoms with Crippen LogP contribution >= 0.6 is 0 Å². The zero-order valence-corrected chi connectivity index (χ0v) is 10.2. The Morgan fingerprint density at radius 3 is 2.82 bits per heavy atom. The molecule has 1 fully saturated rings. The van der Waals surface area contributed by atoms with Crippen molar-refractivity contribution in [3.05, 3.63) is 29.8 Å². The van der Waals surface area contributed by atoms with E-state index in [4.69, 9.17) is 0 Å². The number of piperidine rings is 1. The van der Waals surface area contributed by atoms with Crippen LogP contribution in [0.25, 0.3) is 0 Å². The third-order valence-electron chi connectivity index (χ3n) is 4.00. The van der Waals surface area contributed by atoms with Crippen molar-refractivity contribution >= 4 is 5.69 Å². The summed E-state index contributed by atoms with van der Waals surface area (Å²) in [5.74, 6) is 0. The second kappa shape index (κ2) is 4.31. The maximum atomic E-state index is 10.6. The Bertz CT molecular complexity index is 399. The number of hydrogen-bond donors (Lipinski definition) is 2. The molecule has 1 aromatic rings. The summed E-state index contributed by atoms with van der Waals surface area (Å²) < 4.78 is 0. The largest absolute Gasteiger partial charge is 0.388 e. The molecule has 2 aliphatic rings. The Hall–Kier alpha value is -1.06. The van der Waals surface area contributed by atoms with Crippen molar-refractivity contribution < 1.29 is 5.11 Å². The molecule has 3 rings (SSSR count). The highest BCUT2D eigenvalue weighted by Crippen LogP contribution is 2.30. The van der Waals surface area contributed by atoms with Crippen molar-refractivity contribution in [2.75, 3.05) is 31.1 Å². The van der Waals surface area contributed by atoms with Gasteiger partial charge >= 0.3 is 0 Å². The average molecular weight is 232 g/mol. The average Bonchev–Trinajstić information content (AvgIpc) is 2.73. The number of nitrogens with one attached hydrogen (secondary N) is 1. The van der Waals surface area contributed by atoms with Gasteiger partial charge in [-0.2, -0.15) is 0 Å². The molecule has 0 aliphatic carbocycles. The molecule has 0 amide bonds. The minimum absolute atomic E-state index is 0.497. The second-order valence-electron chi connectivity index (χ2n) is 5.27. The fraction of sp³-hybridized carbons (Fsp3) is 0.571. The number of para-hydroxylation sites is 1. The zero-order chi connectivity index (χ0) is 11.7. The lowest BCUT2D eigenvalue weighted by molar-refractivity contribution is 0.0177. The van der Waals surface area contributed by atoms with E-state index in [1.807, 2.05) is 0 Å². The Balaban J connectivity index is 1.74. The summed E-state index contributed by atoms with van der Waals surface area (Å²) in [6, 6.07) is 8.56. The molecule has 3 heteroatoms. The summed E-state index contributed by atoms with van der Waals surface area (Å²) in [5.41, 5.74) is 2.24. The lowest BCUT2D eigenvalue weighted by Gasteiger charge is -2.36. The van der Waals surface area contributed by atoms with Gasteiger partial charge in [0.2, 0.25) is 0 Å². The van der Waals surface area contributed by atoms with E-state index in [-0.39, 0.29) is 0 Å². The van der Waals surface area contributed by atoms with Crippen LogP contribution in [-0.4, -0.2) is 36.9 Å². The van der Waals surface area contributed by atoms with Crippen LogP contribution in [0.2, 0.25) is 0 Å². The highest BCUT2D eigenvalue weighted by Gasteiger charge is 2.33. The Kier molecular flexibility index (Phi) is 2.81. The van der Waals surface area contributed by atoms with Gasteiger partial charge in [-0.05, 0) is 44.0 Å². The number of anilines is 1. The third kappa shape index (κ3) is 2.17. The number of hydrogen-bond acceptors (Lipinski definition) is 3. The summed E-state index contributed by atoms with van der Waals surface area (Å²) in [6.07, 6.45) is 2.85. The maximum absolute atomic E-state index is 10.6. The molecule has 0 atom stereocenters. The molecule has 0 bridgehead atoms. The first kappa shape index (κ1) is 11.1. The van der Waals surface area contributed by atoms with Gasteiger partial charge in [0.25, 0.3) is 0 Å². The van der Waals surface area contributed by atoms with Crippen LogP contribution in [0.5, 0.6) is 0 Å². The fourth-order valence-corrected chi connectivity index (χ4v) is 2.98. The summed E-state index contributed by atoms with van der Waals surface area (Å²) in [6.45, 7) is 3.71. The third-order valence-corrected chi connectivity index (χ3v) is 4.00. The van der Waals surface area contributed by atoms with Gasteiger partial charge < -0.3 is 15.3 Å². The molecule has 3 nitrogen and oxygen atoms in total. The SMILES string of the molecule is OC1(CN2CCc3ccccc32)CCNCC1. The van der Waals surface area contributed by atoms with Crippen molar-refractivity contribution in [1.29, 1.82) is 0 Å². The number of rotatable bonds is 2. The van der Waals surface area contributed by atoms with Crippen LogP contribution < -0.4 is 10.2 Å². The summed E-state index contributed by atoms with van der Waals surface area (Å²) >= 11 is 0. The number of β-amino-alcohol motifs (C(OH)–C–C–N with tert-alkyl or cyclic N) is 1. The van der Waals surface area contributed by atoms with Crippen molar-refractivity contribution in [3.63, 3.8) is 0 Å². The van der Waals surface area contributed by atoms with E-state index in [1.165, 1.54) is 11.3 Å². The normalized spacial score (nSPS) is 22.5. The highest BCUT2D eigenvalue weighted by atomic mass is 16.3. The Labute approximate surface area is 102 Å². The minimum atomic E-state index is -0.497. The van der Waals surface area contributed by atoms with Gasteiger partial charge in [0, 0.05) is 18.8 Å². The predicted molar refractivity (Wildman–Crippen MR) is 69.4 cm³/mol. The molecule has 2 N–H and O–H groups in total. The van der Waals surface area contributed by atoms with Crippen LogP contribution in [0.3, 0.4) is 0 Å². The van der Waals surface area contributed by atoms with E-state index in [0.717, 1.165) is 45.4 Å². The number of fused-ring (bicyclic) bond motifs is 1. The van der Waals surface area contributed by atoms with Crippen LogP contribution in [0.15, 0.2) is 24.3 Å². The molecule has 0 radical (unpaired) electrons. The Morgan fingerprint density at radius 2 is 2.00 bits per heavy atom. The van der Waals surface area contributed by atoms with E-state index < -0.39 is 5.60 Å². The van der Waals surface area contributed by atoms with E-state index >= 15 is 0 Å². The van der Waals surface area contributed by atoms with Crippen LogP contribution in [0.4, 0.5) is 5.69 Å². The first-order chi connectivity index (χ1) is 8.27. The lowest BCUT2D eigenvalue weighted by Crippen LogP contribution is -2.49. The molecular formula is C14H20N2O. The number of benzene rings is 1. The molecule has 0 unspecified atom stereocenters. The van der Waals surface area contributed by atoms with Gasteiger partial charge in [0.05, 0.1) is 5.60 Å². The molecule has 0 aromatic heterocycles. The standard InChI is InChI=1S/C14H20N2O/c17-14(6-8-15-9-7-14)11-16-10-5-12-3-1-2-4-13(12)16/h1-4,15,17H,5-11H2. The highest BCUT2D eigenvalue weighted by molar-refractivity contribution is 5.58. The molecule has 2 aliphatic heterocycles. The van der Waals surface area contributed by atoms with Crippen molar-refractivity contribution in [3.8, 4) is 0 Å². The number of aliphatic hydroxyl groups is 1. The van der Waals surface area contributed by atoms with Crippen LogP contribution in [-0.2, 0) is 6.42 Å². The van der Waals surface area contributed by atoms with Gasteiger partial charge in [-0.1, -0.05) is 18.2 Å². The quantitative estimate of drug-likeness (QED) is 0.803. The van der Waals surface area contributed by atoms with Crippen LogP contribution in [0, 0.1) is 0 Å². The van der Waals surface area contributed by atoms with Gasteiger partial charge in [0.15, 0.2) is 0 Å². The van der Waals surface area contributed by atoms with Gasteiger partial charge in [-0.25, -0.2) is 0 Å². The second-order valence-corrected chi connectivity index (χ2v) is 5.27. The van der Waals surface area contributed by atoms with Crippen molar-refractivity contribution in [1.82, 2.24) is 5.32 Å². The predicted octanol–water partition coefficient (Wildman–Crippen LogP) is 1.16. The maximum Gasteiger partial charge on any atom is 0.0845 e. The molecule has 92 valence electrons. The van der Waals surface area contributed by atoms with E-state index in [2.05, 4.69) is 34.5 Å². The molecule has 2 heterocycles. The molecule has 0 spiro atoms. The Morgan fingerprint density at radius 1 is 1.24 bits per heavy atom. The molecule has 1 saturated heterocycles. The topological polar surface area (TPSA) is 35.5 Å². The van der Waals surface area contributed by atoms with E-state index in [9.17, 15) is 5.11 Å². The van der Waals surface area contributed by atoms with Gasteiger partial charge in [-0.3, -0.25) is 0 Å². The van der Waals surface area contributed by atoms with E-state index in [1.54, 1.807) is 0 Å². The monoisotopic (exact) mass is 232 g/mol. The number of nitrogens with zero attached hydrogens (tertiary/aromatic N) is 1. The molecule has 0 saturated carbocycles. The summed E-state index contributed by atoms with van der Waals surface area (Å²) in [4.78, 5) is 2.35. The fourth-order valence-electron chi connectivity index (χ4n) is 2.98. The summed E-state index contributed by atoms with van der Waals surface area (Å²) in [5, 5.41) is 13.9. The first-order valence-electron chi connectivity index (χ1n) is 6.53.